The standard InChI is InChI=1S/C17H21N5O2/c18-16(23)11-22-10-14(9-20-22)21-17(24)19-8-13-6-3-5-12-4-1-2-7-15(12)13/h1-2,4,7,9-10,13H,3,5-6,8,11H2,(H2,18,23)(H2,19,21,24). The molecule has 0 aliphatic heterocycles. The van der Waals surface area contributed by atoms with E-state index < -0.39 is 5.91 Å². The summed E-state index contributed by atoms with van der Waals surface area (Å²) >= 11 is 0. The Hall–Kier alpha value is -2.83. The molecule has 1 aliphatic carbocycles. The van der Waals surface area contributed by atoms with Gasteiger partial charge in [-0.05, 0) is 30.4 Å². The predicted octanol–water partition coefficient (Wildman–Crippen LogP) is 1.61. The van der Waals surface area contributed by atoms with Gasteiger partial charge in [-0.25, -0.2) is 4.79 Å². The molecule has 0 spiro atoms. The highest BCUT2D eigenvalue weighted by Crippen LogP contribution is 2.30. The van der Waals surface area contributed by atoms with Crippen LogP contribution in [0.2, 0.25) is 0 Å². The Morgan fingerprint density at radius 2 is 2.17 bits per heavy atom. The lowest BCUT2D eigenvalue weighted by Crippen LogP contribution is -2.33. The molecule has 0 radical (unpaired) electrons. The number of hydrogen-bond acceptors (Lipinski definition) is 3. The van der Waals surface area contributed by atoms with Crippen molar-refractivity contribution in [3.63, 3.8) is 0 Å². The van der Waals surface area contributed by atoms with Crippen LogP contribution in [0.15, 0.2) is 36.7 Å². The summed E-state index contributed by atoms with van der Waals surface area (Å²) in [4.78, 5) is 22.9. The number of nitrogens with one attached hydrogen (secondary N) is 2. The number of anilines is 1. The fraction of sp³-hybridized carbons (Fsp3) is 0.353. The van der Waals surface area contributed by atoms with Crippen molar-refractivity contribution < 1.29 is 9.59 Å². The van der Waals surface area contributed by atoms with Crippen LogP contribution < -0.4 is 16.4 Å². The average Bonchev–Trinajstić information content (AvgIpc) is 2.99. The van der Waals surface area contributed by atoms with Crippen molar-refractivity contribution >= 4 is 17.6 Å². The third-order valence-electron chi connectivity index (χ3n) is 4.21. The maximum absolute atomic E-state index is 12.0. The number of nitrogens with two attached hydrogens (primary N) is 1. The molecule has 4 N–H and O–H groups in total. The van der Waals surface area contributed by atoms with Gasteiger partial charge < -0.3 is 16.4 Å². The largest absolute Gasteiger partial charge is 0.368 e. The molecule has 24 heavy (non-hydrogen) atoms. The molecule has 0 fully saturated rings. The highest BCUT2D eigenvalue weighted by atomic mass is 16.2. The monoisotopic (exact) mass is 327 g/mol. The lowest BCUT2D eigenvalue weighted by Gasteiger charge is -2.25. The second kappa shape index (κ2) is 7.16. The minimum absolute atomic E-state index is 0.0117. The van der Waals surface area contributed by atoms with E-state index in [4.69, 9.17) is 5.73 Å². The van der Waals surface area contributed by atoms with Crippen molar-refractivity contribution in [3.8, 4) is 0 Å². The van der Waals surface area contributed by atoms with Gasteiger partial charge >= 0.3 is 6.03 Å². The molecule has 126 valence electrons. The molecule has 7 heteroatoms. The van der Waals surface area contributed by atoms with E-state index in [1.807, 2.05) is 6.07 Å². The van der Waals surface area contributed by atoms with Crippen LogP contribution >= 0.6 is 0 Å². The molecule has 2 aromatic rings. The molecular formula is C17H21N5O2. The number of urea groups is 1. The molecule has 1 aromatic heterocycles. The summed E-state index contributed by atoms with van der Waals surface area (Å²) in [7, 11) is 0. The van der Waals surface area contributed by atoms with Crippen LogP contribution in [-0.2, 0) is 17.8 Å². The van der Waals surface area contributed by atoms with Gasteiger partial charge in [0.1, 0.15) is 6.54 Å². The molecule has 0 saturated carbocycles. The topological polar surface area (TPSA) is 102 Å². The summed E-state index contributed by atoms with van der Waals surface area (Å²) in [5, 5.41) is 9.59. The first-order valence-corrected chi connectivity index (χ1v) is 8.05. The molecule has 1 heterocycles. The predicted molar refractivity (Wildman–Crippen MR) is 90.6 cm³/mol. The highest BCUT2D eigenvalue weighted by Gasteiger charge is 2.20. The Balaban J connectivity index is 1.53. The Bertz CT molecular complexity index is 740. The van der Waals surface area contributed by atoms with Crippen molar-refractivity contribution in [3.05, 3.63) is 47.8 Å². The first-order chi connectivity index (χ1) is 11.6. The first kappa shape index (κ1) is 16.0. The van der Waals surface area contributed by atoms with E-state index in [-0.39, 0.29) is 12.6 Å². The first-order valence-electron chi connectivity index (χ1n) is 8.05. The zero-order chi connectivity index (χ0) is 16.9. The lowest BCUT2D eigenvalue weighted by atomic mass is 9.83. The van der Waals surface area contributed by atoms with Crippen LogP contribution in [0.3, 0.4) is 0 Å². The number of amides is 3. The Morgan fingerprint density at radius 3 is 3.00 bits per heavy atom. The fourth-order valence-corrected chi connectivity index (χ4v) is 3.13. The summed E-state index contributed by atoms with van der Waals surface area (Å²) < 4.78 is 1.38. The fourth-order valence-electron chi connectivity index (χ4n) is 3.13. The molecule has 1 aliphatic rings. The number of primary amides is 1. The van der Waals surface area contributed by atoms with E-state index in [1.165, 1.54) is 22.0 Å². The molecule has 0 bridgehead atoms. The van der Waals surface area contributed by atoms with Gasteiger partial charge in [-0.3, -0.25) is 9.48 Å². The van der Waals surface area contributed by atoms with Gasteiger partial charge in [-0.2, -0.15) is 5.10 Å². The molecule has 1 atom stereocenters. The number of nitrogens with zero attached hydrogens (tertiary/aromatic N) is 2. The van der Waals surface area contributed by atoms with Crippen LogP contribution in [0, 0.1) is 0 Å². The maximum atomic E-state index is 12.0. The summed E-state index contributed by atoms with van der Waals surface area (Å²) in [6.45, 7) is 0.584. The summed E-state index contributed by atoms with van der Waals surface area (Å²) in [6.07, 6.45) is 6.38. The average molecular weight is 327 g/mol. The number of carbonyl (C=O) groups excluding carboxylic acids is 2. The summed E-state index contributed by atoms with van der Waals surface area (Å²) in [6, 6.07) is 8.13. The number of fused-ring (bicyclic) bond motifs is 1. The number of aryl methyl sites for hydroxylation is 1. The third-order valence-corrected chi connectivity index (χ3v) is 4.21. The molecule has 3 rings (SSSR count). The van der Waals surface area contributed by atoms with E-state index in [0.29, 0.717) is 18.2 Å². The van der Waals surface area contributed by atoms with Crippen molar-refractivity contribution in [2.24, 2.45) is 5.73 Å². The molecule has 3 amide bonds. The normalized spacial score (nSPS) is 16.2. The lowest BCUT2D eigenvalue weighted by molar-refractivity contribution is -0.118. The van der Waals surface area contributed by atoms with E-state index in [2.05, 4.69) is 33.9 Å². The van der Waals surface area contributed by atoms with Gasteiger partial charge in [0.15, 0.2) is 0 Å². The second-order valence-corrected chi connectivity index (χ2v) is 6.02. The van der Waals surface area contributed by atoms with E-state index in [9.17, 15) is 9.59 Å². The van der Waals surface area contributed by atoms with Crippen LogP contribution in [0.4, 0.5) is 10.5 Å². The minimum atomic E-state index is -0.481. The second-order valence-electron chi connectivity index (χ2n) is 6.02. The SMILES string of the molecule is NC(=O)Cn1cc(NC(=O)NCC2CCCc3ccccc32)cn1. The zero-order valence-corrected chi connectivity index (χ0v) is 13.4. The van der Waals surface area contributed by atoms with Crippen molar-refractivity contribution in [1.82, 2.24) is 15.1 Å². The number of aromatic nitrogens is 2. The van der Waals surface area contributed by atoms with Gasteiger partial charge in [-0.15, -0.1) is 0 Å². The number of hydrogen-bond donors (Lipinski definition) is 3. The van der Waals surface area contributed by atoms with Gasteiger partial charge in [0.25, 0.3) is 0 Å². The Kier molecular flexibility index (Phi) is 4.79. The molecule has 1 unspecified atom stereocenters. The van der Waals surface area contributed by atoms with Gasteiger partial charge in [0.05, 0.1) is 11.9 Å². The highest BCUT2D eigenvalue weighted by molar-refractivity contribution is 5.89. The maximum Gasteiger partial charge on any atom is 0.319 e. The number of benzene rings is 1. The summed E-state index contributed by atoms with van der Waals surface area (Å²) in [5.74, 6) is -0.136. The molecular weight excluding hydrogens is 306 g/mol. The van der Waals surface area contributed by atoms with Crippen molar-refractivity contribution in [1.29, 1.82) is 0 Å². The third kappa shape index (κ3) is 3.92. The van der Waals surface area contributed by atoms with E-state index >= 15 is 0 Å². The molecule has 0 saturated heterocycles. The minimum Gasteiger partial charge on any atom is -0.368 e. The molecule has 1 aromatic carbocycles. The number of carbonyl (C=O) groups is 2. The Labute approximate surface area is 140 Å². The zero-order valence-electron chi connectivity index (χ0n) is 13.4. The van der Waals surface area contributed by atoms with Gasteiger partial charge in [-0.1, -0.05) is 24.3 Å². The van der Waals surface area contributed by atoms with Crippen LogP contribution in [0.25, 0.3) is 0 Å². The summed E-state index contributed by atoms with van der Waals surface area (Å²) in [5.41, 5.74) is 8.34. The van der Waals surface area contributed by atoms with Crippen LogP contribution in [0.5, 0.6) is 0 Å². The van der Waals surface area contributed by atoms with Crippen LogP contribution in [-0.4, -0.2) is 28.3 Å². The molecule has 7 nitrogen and oxygen atoms in total. The Morgan fingerprint density at radius 1 is 1.33 bits per heavy atom. The van der Waals surface area contributed by atoms with Crippen molar-refractivity contribution in [2.45, 2.75) is 31.7 Å². The van der Waals surface area contributed by atoms with Gasteiger partial charge in [0, 0.05) is 18.7 Å². The van der Waals surface area contributed by atoms with E-state index in [0.717, 1.165) is 19.3 Å². The number of rotatable bonds is 5. The smallest absolute Gasteiger partial charge is 0.319 e. The quantitative estimate of drug-likeness (QED) is 0.777. The van der Waals surface area contributed by atoms with Crippen LogP contribution in [0.1, 0.15) is 29.9 Å². The van der Waals surface area contributed by atoms with Crippen molar-refractivity contribution in [2.75, 3.05) is 11.9 Å². The van der Waals surface area contributed by atoms with Gasteiger partial charge in [0.2, 0.25) is 5.91 Å². The van der Waals surface area contributed by atoms with E-state index in [1.54, 1.807) is 6.20 Å².